The average Bonchev–Trinajstić information content (AvgIpc) is 2.43. The summed E-state index contributed by atoms with van der Waals surface area (Å²) in [4.78, 5) is 9.65. The maximum absolute atomic E-state index is 13.8. The van der Waals surface area contributed by atoms with Crippen LogP contribution in [0.5, 0.6) is 0 Å². The normalized spacial score (nSPS) is 17.8. The SMILES string of the molecule is O=[N+]([O-])c1cc(F)c(NC2(CO)CCOCC2)c(F)c1. The molecule has 1 aliphatic heterocycles. The third kappa shape index (κ3) is 2.86. The minimum absolute atomic E-state index is 0.313. The van der Waals surface area contributed by atoms with Crippen LogP contribution in [0.2, 0.25) is 0 Å². The Morgan fingerprint density at radius 2 is 1.90 bits per heavy atom. The van der Waals surface area contributed by atoms with E-state index in [1.807, 2.05) is 0 Å². The van der Waals surface area contributed by atoms with Gasteiger partial charge in [0, 0.05) is 13.2 Å². The molecular weight excluding hydrogens is 274 g/mol. The van der Waals surface area contributed by atoms with Crippen LogP contribution in [0.4, 0.5) is 20.2 Å². The summed E-state index contributed by atoms with van der Waals surface area (Å²) >= 11 is 0. The summed E-state index contributed by atoms with van der Waals surface area (Å²) in [5, 5.41) is 22.6. The van der Waals surface area contributed by atoms with Gasteiger partial charge in [0.25, 0.3) is 5.69 Å². The molecule has 0 bridgehead atoms. The molecule has 2 rings (SSSR count). The highest BCUT2D eigenvalue weighted by Crippen LogP contribution is 2.31. The number of non-ortho nitro benzene ring substituents is 1. The Labute approximate surface area is 113 Å². The van der Waals surface area contributed by atoms with Crippen molar-refractivity contribution in [2.45, 2.75) is 18.4 Å². The molecule has 20 heavy (non-hydrogen) atoms. The lowest BCUT2D eigenvalue weighted by molar-refractivity contribution is -0.385. The number of hydrogen-bond acceptors (Lipinski definition) is 5. The Balaban J connectivity index is 2.30. The van der Waals surface area contributed by atoms with Crippen LogP contribution >= 0.6 is 0 Å². The number of aliphatic hydroxyl groups is 1. The summed E-state index contributed by atoms with van der Waals surface area (Å²) < 4.78 is 32.8. The van der Waals surface area contributed by atoms with Gasteiger partial charge >= 0.3 is 0 Å². The molecule has 1 saturated heterocycles. The van der Waals surface area contributed by atoms with E-state index in [1.165, 1.54) is 0 Å². The van der Waals surface area contributed by atoms with Crippen molar-refractivity contribution < 1.29 is 23.5 Å². The lowest BCUT2D eigenvalue weighted by Gasteiger charge is -2.37. The number of rotatable bonds is 4. The summed E-state index contributed by atoms with van der Waals surface area (Å²) in [6.07, 6.45) is 0.777. The van der Waals surface area contributed by atoms with Crippen LogP contribution in [0.15, 0.2) is 12.1 Å². The Kier molecular flexibility index (Phi) is 4.15. The number of nitro benzene ring substituents is 1. The van der Waals surface area contributed by atoms with Gasteiger partial charge in [0.15, 0.2) is 11.6 Å². The smallest absolute Gasteiger partial charge is 0.275 e. The molecule has 1 aliphatic rings. The largest absolute Gasteiger partial charge is 0.394 e. The van der Waals surface area contributed by atoms with Crippen molar-refractivity contribution in [3.63, 3.8) is 0 Å². The summed E-state index contributed by atoms with van der Waals surface area (Å²) in [5.41, 5.74) is -2.00. The third-order valence-electron chi connectivity index (χ3n) is 3.38. The van der Waals surface area contributed by atoms with Crippen LogP contribution in [-0.2, 0) is 4.74 Å². The topological polar surface area (TPSA) is 84.6 Å². The molecule has 0 amide bonds. The number of benzene rings is 1. The van der Waals surface area contributed by atoms with E-state index in [9.17, 15) is 24.0 Å². The zero-order chi connectivity index (χ0) is 14.8. The van der Waals surface area contributed by atoms with Crippen LogP contribution in [-0.4, -0.2) is 35.4 Å². The molecule has 1 fully saturated rings. The average molecular weight is 288 g/mol. The molecule has 0 aromatic heterocycles. The Morgan fingerprint density at radius 3 is 2.35 bits per heavy atom. The second-order valence-electron chi connectivity index (χ2n) is 4.72. The van der Waals surface area contributed by atoms with Gasteiger partial charge in [0.1, 0.15) is 5.69 Å². The fourth-order valence-corrected chi connectivity index (χ4v) is 2.13. The minimum Gasteiger partial charge on any atom is -0.394 e. The molecule has 0 aliphatic carbocycles. The van der Waals surface area contributed by atoms with Gasteiger partial charge in [-0.1, -0.05) is 0 Å². The first kappa shape index (κ1) is 14.6. The van der Waals surface area contributed by atoms with Gasteiger partial charge in [0.2, 0.25) is 0 Å². The Morgan fingerprint density at radius 1 is 1.35 bits per heavy atom. The molecule has 110 valence electrons. The number of ether oxygens (including phenoxy) is 1. The van der Waals surface area contributed by atoms with Gasteiger partial charge < -0.3 is 15.2 Å². The molecule has 8 heteroatoms. The van der Waals surface area contributed by atoms with Crippen molar-refractivity contribution >= 4 is 11.4 Å². The molecule has 1 heterocycles. The van der Waals surface area contributed by atoms with Crippen molar-refractivity contribution in [3.8, 4) is 0 Å². The molecule has 6 nitrogen and oxygen atoms in total. The summed E-state index contributed by atoms with van der Waals surface area (Å²) in [5.74, 6) is -2.12. The number of aliphatic hydroxyl groups excluding tert-OH is 1. The highest BCUT2D eigenvalue weighted by atomic mass is 19.1. The van der Waals surface area contributed by atoms with E-state index in [-0.39, 0.29) is 6.61 Å². The van der Waals surface area contributed by atoms with E-state index >= 15 is 0 Å². The predicted octanol–water partition coefficient (Wildman–Crippen LogP) is 1.83. The molecule has 0 saturated carbocycles. The standard InChI is InChI=1S/C12H14F2N2O4/c13-9-5-8(16(18)19)6-10(14)11(9)15-12(7-17)1-3-20-4-2-12/h5-6,15,17H,1-4,7H2. The zero-order valence-corrected chi connectivity index (χ0v) is 10.6. The van der Waals surface area contributed by atoms with Crippen LogP contribution in [0.1, 0.15) is 12.8 Å². The van der Waals surface area contributed by atoms with Crippen LogP contribution in [0, 0.1) is 21.7 Å². The first-order valence-corrected chi connectivity index (χ1v) is 6.08. The second-order valence-corrected chi connectivity index (χ2v) is 4.72. The fraction of sp³-hybridized carbons (Fsp3) is 0.500. The van der Waals surface area contributed by atoms with Gasteiger partial charge in [-0.05, 0) is 12.8 Å². The van der Waals surface area contributed by atoms with E-state index in [0.717, 1.165) is 0 Å². The first-order chi connectivity index (χ1) is 9.47. The van der Waals surface area contributed by atoms with Crippen molar-refractivity contribution in [3.05, 3.63) is 33.9 Å². The number of nitrogens with one attached hydrogen (secondary N) is 1. The molecular formula is C12H14F2N2O4. The number of hydrogen-bond donors (Lipinski definition) is 2. The molecule has 1 aromatic carbocycles. The summed E-state index contributed by atoms with van der Waals surface area (Å²) in [6, 6.07) is 1.30. The first-order valence-electron chi connectivity index (χ1n) is 6.08. The van der Waals surface area contributed by atoms with Gasteiger partial charge in [-0.25, -0.2) is 8.78 Å². The highest BCUT2D eigenvalue weighted by Gasteiger charge is 2.34. The van der Waals surface area contributed by atoms with E-state index < -0.39 is 33.5 Å². The van der Waals surface area contributed by atoms with E-state index in [1.54, 1.807) is 0 Å². The van der Waals surface area contributed by atoms with Gasteiger partial charge in [0.05, 0.1) is 29.2 Å². The quantitative estimate of drug-likeness (QED) is 0.652. The van der Waals surface area contributed by atoms with Gasteiger partial charge in [-0.2, -0.15) is 0 Å². The molecule has 2 N–H and O–H groups in total. The maximum atomic E-state index is 13.8. The molecule has 0 radical (unpaired) electrons. The summed E-state index contributed by atoms with van der Waals surface area (Å²) in [7, 11) is 0. The second kappa shape index (κ2) is 5.68. The van der Waals surface area contributed by atoms with Crippen molar-refractivity contribution in [2.75, 3.05) is 25.1 Å². The minimum atomic E-state index is -1.06. The predicted molar refractivity (Wildman–Crippen MR) is 66.5 cm³/mol. The lowest BCUT2D eigenvalue weighted by Crippen LogP contribution is -2.47. The van der Waals surface area contributed by atoms with Gasteiger partial charge in [-0.15, -0.1) is 0 Å². The van der Waals surface area contributed by atoms with Crippen molar-refractivity contribution in [1.82, 2.24) is 0 Å². The van der Waals surface area contributed by atoms with Crippen molar-refractivity contribution in [2.24, 2.45) is 0 Å². The van der Waals surface area contributed by atoms with Crippen LogP contribution < -0.4 is 5.32 Å². The Bertz CT molecular complexity index is 495. The summed E-state index contributed by atoms with van der Waals surface area (Å²) in [6.45, 7) is 0.416. The lowest BCUT2D eigenvalue weighted by atomic mass is 9.90. The molecule has 0 spiro atoms. The zero-order valence-electron chi connectivity index (χ0n) is 10.6. The van der Waals surface area contributed by atoms with E-state index in [4.69, 9.17) is 4.74 Å². The number of halogens is 2. The number of anilines is 1. The molecule has 0 atom stereocenters. The number of nitro groups is 1. The Hall–Kier alpha value is -1.80. The van der Waals surface area contributed by atoms with Crippen LogP contribution in [0.3, 0.4) is 0 Å². The highest BCUT2D eigenvalue weighted by molar-refractivity contribution is 5.53. The molecule has 1 aromatic rings. The number of nitrogens with zero attached hydrogens (tertiary/aromatic N) is 1. The fourth-order valence-electron chi connectivity index (χ4n) is 2.13. The monoisotopic (exact) mass is 288 g/mol. The molecule has 0 unspecified atom stereocenters. The third-order valence-corrected chi connectivity index (χ3v) is 3.38. The van der Waals surface area contributed by atoms with Crippen molar-refractivity contribution in [1.29, 1.82) is 0 Å². The van der Waals surface area contributed by atoms with E-state index in [0.29, 0.717) is 38.2 Å². The van der Waals surface area contributed by atoms with Gasteiger partial charge in [-0.3, -0.25) is 10.1 Å². The van der Waals surface area contributed by atoms with Crippen LogP contribution in [0.25, 0.3) is 0 Å². The van der Waals surface area contributed by atoms with E-state index in [2.05, 4.69) is 5.32 Å². The maximum Gasteiger partial charge on any atom is 0.275 e.